The molecule has 1 N–H and O–H groups in total. The van der Waals surface area contributed by atoms with Gasteiger partial charge >= 0.3 is 5.97 Å². The third-order valence-electron chi connectivity index (χ3n) is 4.13. The Labute approximate surface area is 119 Å². The molecular formula is C16H22FNO2. The molecule has 20 heavy (non-hydrogen) atoms. The van der Waals surface area contributed by atoms with Crippen molar-refractivity contribution in [3.8, 4) is 0 Å². The maximum Gasteiger partial charge on any atom is 0.327 e. The largest absolute Gasteiger partial charge is 0.468 e. The van der Waals surface area contributed by atoms with E-state index in [0.29, 0.717) is 12.0 Å². The lowest BCUT2D eigenvalue weighted by atomic mass is 9.85. The van der Waals surface area contributed by atoms with Gasteiger partial charge in [0, 0.05) is 6.04 Å². The Kier molecular flexibility index (Phi) is 5.12. The van der Waals surface area contributed by atoms with Crippen LogP contribution in [0.3, 0.4) is 0 Å². The van der Waals surface area contributed by atoms with E-state index in [1.807, 2.05) is 0 Å². The number of halogens is 1. The SMILES string of the molecule is COC(=O)C(NC1CCCCC1C)c1ccc(F)cc1. The number of methoxy groups -OCH3 is 1. The predicted molar refractivity (Wildman–Crippen MR) is 75.7 cm³/mol. The summed E-state index contributed by atoms with van der Waals surface area (Å²) < 4.78 is 17.9. The third kappa shape index (κ3) is 3.57. The lowest BCUT2D eigenvalue weighted by Crippen LogP contribution is -2.42. The van der Waals surface area contributed by atoms with E-state index in [2.05, 4.69) is 12.2 Å². The van der Waals surface area contributed by atoms with Crippen molar-refractivity contribution in [1.29, 1.82) is 0 Å². The number of rotatable bonds is 4. The first-order chi connectivity index (χ1) is 9.61. The molecule has 1 aromatic carbocycles. The molecule has 1 aromatic rings. The molecule has 0 bridgehead atoms. The van der Waals surface area contributed by atoms with Gasteiger partial charge in [-0.05, 0) is 36.5 Å². The van der Waals surface area contributed by atoms with E-state index in [4.69, 9.17) is 4.74 Å². The highest BCUT2D eigenvalue weighted by molar-refractivity contribution is 5.77. The van der Waals surface area contributed by atoms with Crippen LogP contribution in [0, 0.1) is 11.7 Å². The smallest absolute Gasteiger partial charge is 0.327 e. The number of esters is 1. The van der Waals surface area contributed by atoms with Crippen LogP contribution in [-0.2, 0) is 9.53 Å². The number of benzene rings is 1. The Bertz CT molecular complexity index is 446. The van der Waals surface area contributed by atoms with Gasteiger partial charge in [0.25, 0.3) is 0 Å². The van der Waals surface area contributed by atoms with Gasteiger partial charge in [0.05, 0.1) is 7.11 Å². The zero-order chi connectivity index (χ0) is 14.5. The minimum Gasteiger partial charge on any atom is -0.468 e. The fourth-order valence-corrected chi connectivity index (χ4v) is 2.85. The molecule has 0 spiro atoms. The van der Waals surface area contributed by atoms with Gasteiger partial charge in [-0.3, -0.25) is 5.32 Å². The van der Waals surface area contributed by atoms with Crippen LogP contribution < -0.4 is 5.32 Å². The molecule has 4 heteroatoms. The summed E-state index contributed by atoms with van der Waals surface area (Å²) in [7, 11) is 1.38. The summed E-state index contributed by atoms with van der Waals surface area (Å²) in [6, 6.07) is 5.80. The third-order valence-corrected chi connectivity index (χ3v) is 4.13. The molecule has 0 aromatic heterocycles. The second kappa shape index (κ2) is 6.84. The van der Waals surface area contributed by atoms with Gasteiger partial charge in [0.15, 0.2) is 0 Å². The van der Waals surface area contributed by atoms with Crippen LogP contribution in [0.15, 0.2) is 24.3 Å². The van der Waals surface area contributed by atoms with Gasteiger partial charge in [0.2, 0.25) is 0 Å². The lowest BCUT2D eigenvalue weighted by Gasteiger charge is -2.32. The fourth-order valence-electron chi connectivity index (χ4n) is 2.85. The van der Waals surface area contributed by atoms with E-state index in [1.165, 1.54) is 38.5 Å². The van der Waals surface area contributed by atoms with Gasteiger partial charge in [-0.15, -0.1) is 0 Å². The number of hydrogen-bond donors (Lipinski definition) is 1. The quantitative estimate of drug-likeness (QED) is 0.860. The van der Waals surface area contributed by atoms with Gasteiger partial charge < -0.3 is 4.74 Å². The average Bonchev–Trinajstić information content (AvgIpc) is 2.47. The number of ether oxygens (including phenoxy) is 1. The summed E-state index contributed by atoms with van der Waals surface area (Å²) in [5, 5.41) is 3.40. The highest BCUT2D eigenvalue weighted by atomic mass is 19.1. The maximum absolute atomic E-state index is 13.0. The molecule has 1 saturated carbocycles. The highest BCUT2D eigenvalue weighted by Crippen LogP contribution is 2.27. The topological polar surface area (TPSA) is 38.3 Å². The molecule has 0 heterocycles. The minimum atomic E-state index is -0.522. The van der Waals surface area contributed by atoms with Crippen LogP contribution in [0.25, 0.3) is 0 Å². The predicted octanol–water partition coefficient (Wildman–Crippen LogP) is 3.21. The average molecular weight is 279 g/mol. The molecular weight excluding hydrogens is 257 g/mol. The van der Waals surface area contributed by atoms with E-state index < -0.39 is 6.04 Å². The van der Waals surface area contributed by atoms with Crippen LogP contribution in [0.1, 0.15) is 44.2 Å². The fraction of sp³-hybridized carbons (Fsp3) is 0.562. The molecule has 0 aliphatic heterocycles. The molecule has 1 aliphatic carbocycles. The molecule has 3 atom stereocenters. The zero-order valence-electron chi connectivity index (χ0n) is 12.1. The van der Waals surface area contributed by atoms with Crippen molar-refractivity contribution in [2.75, 3.05) is 7.11 Å². The van der Waals surface area contributed by atoms with Crippen LogP contribution >= 0.6 is 0 Å². The van der Waals surface area contributed by atoms with Crippen molar-refractivity contribution in [2.24, 2.45) is 5.92 Å². The van der Waals surface area contributed by atoms with Crippen molar-refractivity contribution < 1.29 is 13.9 Å². The van der Waals surface area contributed by atoms with Gasteiger partial charge in [-0.2, -0.15) is 0 Å². The van der Waals surface area contributed by atoms with E-state index in [1.54, 1.807) is 12.1 Å². The molecule has 1 fully saturated rings. The Hall–Kier alpha value is -1.42. The van der Waals surface area contributed by atoms with Crippen LogP contribution in [-0.4, -0.2) is 19.1 Å². The molecule has 2 rings (SSSR count). The monoisotopic (exact) mass is 279 g/mol. The molecule has 0 saturated heterocycles. The van der Waals surface area contributed by atoms with Gasteiger partial charge in [-0.1, -0.05) is 31.9 Å². The molecule has 3 unspecified atom stereocenters. The normalized spacial score (nSPS) is 24.1. The highest BCUT2D eigenvalue weighted by Gasteiger charge is 2.28. The summed E-state index contributed by atoms with van der Waals surface area (Å²) in [5.41, 5.74) is 0.746. The van der Waals surface area contributed by atoms with Crippen molar-refractivity contribution in [3.63, 3.8) is 0 Å². The van der Waals surface area contributed by atoms with Gasteiger partial charge in [0.1, 0.15) is 11.9 Å². The first kappa shape index (κ1) is 15.0. The van der Waals surface area contributed by atoms with Crippen molar-refractivity contribution in [3.05, 3.63) is 35.6 Å². The number of carbonyl (C=O) groups excluding carboxylic acids is 1. The molecule has 3 nitrogen and oxygen atoms in total. The second-order valence-corrected chi connectivity index (χ2v) is 5.54. The molecule has 1 aliphatic rings. The first-order valence-electron chi connectivity index (χ1n) is 7.21. The summed E-state index contributed by atoms with van der Waals surface area (Å²) in [6.45, 7) is 2.20. The van der Waals surface area contributed by atoms with E-state index >= 15 is 0 Å². The molecule has 0 amide bonds. The van der Waals surface area contributed by atoms with Crippen LogP contribution in [0.4, 0.5) is 4.39 Å². The Balaban J connectivity index is 2.15. The molecule has 110 valence electrons. The van der Waals surface area contributed by atoms with Crippen molar-refractivity contribution in [1.82, 2.24) is 5.32 Å². The first-order valence-corrected chi connectivity index (χ1v) is 7.21. The Morgan fingerprint density at radius 2 is 1.95 bits per heavy atom. The number of carbonyl (C=O) groups is 1. The second-order valence-electron chi connectivity index (χ2n) is 5.54. The number of nitrogens with one attached hydrogen (secondary N) is 1. The Morgan fingerprint density at radius 3 is 2.55 bits per heavy atom. The minimum absolute atomic E-state index is 0.302. The summed E-state index contributed by atoms with van der Waals surface area (Å²) in [4.78, 5) is 12.0. The van der Waals surface area contributed by atoms with Gasteiger partial charge in [-0.25, -0.2) is 9.18 Å². The van der Waals surface area contributed by atoms with E-state index in [-0.39, 0.29) is 11.8 Å². The Morgan fingerprint density at radius 1 is 1.30 bits per heavy atom. The van der Waals surface area contributed by atoms with Crippen LogP contribution in [0.5, 0.6) is 0 Å². The van der Waals surface area contributed by atoms with Crippen LogP contribution in [0.2, 0.25) is 0 Å². The van der Waals surface area contributed by atoms with Crippen molar-refractivity contribution >= 4 is 5.97 Å². The summed E-state index contributed by atoms with van der Waals surface area (Å²) in [6.07, 6.45) is 4.67. The number of hydrogen-bond acceptors (Lipinski definition) is 3. The maximum atomic E-state index is 13.0. The standard InChI is InChI=1S/C16H22FNO2/c1-11-5-3-4-6-14(11)18-15(16(19)20-2)12-7-9-13(17)10-8-12/h7-11,14-15,18H,3-6H2,1-2H3. The molecule has 0 radical (unpaired) electrons. The summed E-state index contributed by atoms with van der Waals surface area (Å²) in [5.74, 6) is -0.0888. The van der Waals surface area contributed by atoms with E-state index in [0.717, 1.165) is 12.0 Å². The zero-order valence-corrected chi connectivity index (χ0v) is 12.1. The van der Waals surface area contributed by atoms with Crippen molar-refractivity contribution in [2.45, 2.75) is 44.7 Å². The van der Waals surface area contributed by atoms with E-state index in [9.17, 15) is 9.18 Å². The lowest BCUT2D eigenvalue weighted by molar-refractivity contribution is -0.143. The summed E-state index contributed by atoms with van der Waals surface area (Å²) >= 11 is 0.